The lowest BCUT2D eigenvalue weighted by atomic mass is 9.33. The van der Waals surface area contributed by atoms with Crippen LogP contribution < -0.4 is 26.2 Å². The van der Waals surface area contributed by atoms with Gasteiger partial charge in [-0.2, -0.15) is 0 Å². The quantitative estimate of drug-likeness (QED) is 0.150. The molecular formula is C58H51BN4. The molecule has 0 atom stereocenters. The topological polar surface area (TPSA) is 32.3 Å². The maximum absolute atomic E-state index is 4.86. The van der Waals surface area contributed by atoms with Gasteiger partial charge in [0.05, 0.1) is 5.69 Å². The molecule has 2 aliphatic carbocycles. The summed E-state index contributed by atoms with van der Waals surface area (Å²) in [5, 5.41) is 0. The molecule has 0 saturated heterocycles. The first kappa shape index (κ1) is 38.0. The van der Waals surface area contributed by atoms with E-state index in [4.69, 9.17) is 4.98 Å². The van der Waals surface area contributed by atoms with Crippen LogP contribution in [0.1, 0.15) is 87.2 Å². The summed E-state index contributed by atoms with van der Waals surface area (Å²) >= 11 is 0. The van der Waals surface area contributed by atoms with Crippen LogP contribution in [0.2, 0.25) is 0 Å². The summed E-state index contributed by atoms with van der Waals surface area (Å²) in [6.45, 7) is 0.0613. The molecule has 0 N–H and O–H groups in total. The molecule has 2 aliphatic heterocycles. The van der Waals surface area contributed by atoms with E-state index < -0.39 is 0 Å². The Bertz CT molecular complexity index is 2730. The van der Waals surface area contributed by atoms with Crippen molar-refractivity contribution < 1.29 is 0 Å². The Labute approximate surface area is 372 Å². The van der Waals surface area contributed by atoms with E-state index in [0.717, 1.165) is 22.6 Å². The van der Waals surface area contributed by atoms with E-state index in [2.05, 4.69) is 173 Å². The van der Waals surface area contributed by atoms with Crippen LogP contribution in [0, 0.1) is 0 Å². The van der Waals surface area contributed by atoms with Gasteiger partial charge in [-0.05, 0) is 142 Å². The zero-order valence-corrected chi connectivity index (χ0v) is 35.8. The van der Waals surface area contributed by atoms with Crippen molar-refractivity contribution in [3.05, 3.63) is 187 Å². The first-order valence-electron chi connectivity index (χ1n) is 23.4. The van der Waals surface area contributed by atoms with Gasteiger partial charge in [-0.25, -0.2) is 9.97 Å². The Morgan fingerprint density at radius 2 is 0.873 bits per heavy atom. The minimum absolute atomic E-state index is 0.0613. The second-order valence-corrected chi connectivity index (χ2v) is 18.3. The molecule has 5 heteroatoms. The Morgan fingerprint density at radius 1 is 0.413 bits per heavy atom. The van der Waals surface area contributed by atoms with Crippen molar-refractivity contribution in [1.82, 2.24) is 9.97 Å². The van der Waals surface area contributed by atoms with Gasteiger partial charge in [0, 0.05) is 45.9 Å². The van der Waals surface area contributed by atoms with Gasteiger partial charge in [0.25, 0.3) is 6.71 Å². The van der Waals surface area contributed by atoms with Crippen LogP contribution in [0.15, 0.2) is 176 Å². The zero-order valence-electron chi connectivity index (χ0n) is 35.8. The van der Waals surface area contributed by atoms with E-state index in [-0.39, 0.29) is 6.71 Å². The highest BCUT2D eigenvalue weighted by molar-refractivity contribution is 7.00. The van der Waals surface area contributed by atoms with E-state index in [1.807, 2.05) is 12.3 Å². The average molecular weight is 815 g/mol. The molecule has 8 aromatic rings. The molecule has 2 saturated carbocycles. The van der Waals surface area contributed by atoms with Crippen LogP contribution in [-0.4, -0.2) is 16.7 Å². The third-order valence-corrected chi connectivity index (χ3v) is 14.6. The maximum atomic E-state index is 4.86. The monoisotopic (exact) mass is 814 g/mol. The average Bonchev–Trinajstić information content (AvgIpc) is 3.37. The highest BCUT2D eigenvalue weighted by Crippen LogP contribution is 2.47. The number of nitrogens with zero attached hydrogens (tertiary/aromatic N) is 4. The smallest absolute Gasteiger partial charge is 0.252 e. The summed E-state index contributed by atoms with van der Waals surface area (Å²) in [7, 11) is 0. The fraction of sp³-hybridized carbons (Fsp3) is 0.207. The van der Waals surface area contributed by atoms with E-state index in [1.54, 1.807) is 6.33 Å². The lowest BCUT2D eigenvalue weighted by Gasteiger charge is -2.45. The summed E-state index contributed by atoms with van der Waals surface area (Å²) in [5.74, 6) is 1.19. The normalized spacial score (nSPS) is 16.0. The molecule has 1 aromatic heterocycles. The zero-order chi connectivity index (χ0) is 41.7. The lowest BCUT2D eigenvalue weighted by Crippen LogP contribution is -2.61. The second-order valence-electron chi connectivity index (χ2n) is 18.3. The predicted octanol–water partition coefficient (Wildman–Crippen LogP) is 13.7. The standard InChI is InChI=1S/C58H51BN4/c1-5-13-40(14-6-1)44-21-27-49(28-22-44)62-54-31-25-46(42-17-9-3-10-18-42)35-51(54)59-52-36-47(43-19-11-4-12-20-43)26-32-55(52)63(50-29-23-45(24-30-50)41-15-7-2-8-16-41)57-38-48(37-56(62)58(57)59)53-33-34-60-39-61-53/h1-2,5-8,13-16,21-39,42-43H,3-4,9-12,17-20H2. The molecule has 306 valence electrons. The molecule has 4 nitrogen and oxygen atoms in total. The summed E-state index contributed by atoms with van der Waals surface area (Å²) < 4.78 is 0. The van der Waals surface area contributed by atoms with Gasteiger partial charge in [-0.1, -0.05) is 148 Å². The van der Waals surface area contributed by atoms with Crippen LogP contribution >= 0.6 is 0 Å². The number of rotatable bonds is 7. The molecule has 63 heavy (non-hydrogen) atoms. The largest absolute Gasteiger partial charge is 0.311 e. The van der Waals surface area contributed by atoms with Crippen LogP contribution in [0.3, 0.4) is 0 Å². The van der Waals surface area contributed by atoms with E-state index in [0.29, 0.717) is 11.8 Å². The van der Waals surface area contributed by atoms with E-state index >= 15 is 0 Å². The molecule has 4 aliphatic rings. The number of fused-ring (bicyclic) bond motifs is 4. The van der Waals surface area contributed by atoms with Crippen molar-refractivity contribution in [2.24, 2.45) is 0 Å². The van der Waals surface area contributed by atoms with Crippen molar-refractivity contribution in [3.63, 3.8) is 0 Å². The second kappa shape index (κ2) is 16.2. The van der Waals surface area contributed by atoms with Gasteiger partial charge < -0.3 is 9.80 Å². The van der Waals surface area contributed by atoms with Crippen LogP contribution in [0.25, 0.3) is 33.5 Å². The lowest BCUT2D eigenvalue weighted by molar-refractivity contribution is 0.444. The molecular weight excluding hydrogens is 763 g/mol. The molecule has 0 amide bonds. The van der Waals surface area contributed by atoms with Crippen LogP contribution in [-0.2, 0) is 0 Å². The third-order valence-electron chi connectivity index (χ3n) is 14.6. The number of anilines is 6. The summed E-state index contributed by atoms with van der Waals surface area (Å²) in [5.41, 5.74) is 21.3. The minimum Gasteiger partial charge on any atom is -0.311 e. The van der Waals surface area contributed by atoms with Crippen molar-refractivity contribution in [2.45, 2.75) is 76.0 Å². The van der Waals surface area contributed by atoms with Gasteiger partial charge in [0.2, 0.25) is 0 Å². The van der Waals surface area contributed by atoms with E-state index in [1.165, 1.54) is 137 Å². The van der Waals surface area contributed by atoms with Gasteiger partial charge in [-0.15, -0.1) is 0 Å². The highest BCUT2D eigenvalue weighted by atomic mass is 15.2. The molecule has 0 spiro atoms. The third kappa shape index (κ3) is 6.86. The van der Waals surface area contributed by atoms with Gasteiger partial charge in [-0.3, -0.25) is 0 Å². The number of hydrogen-bond acceptors (Lipinski definition) is 4. The maximum Gasteiger partial charge on any atom is 0.252 e. The molecule has 0 radical (unpaired) electrons. The van der Waals surface area contributed by atoms with Crippen LogP contribution in [0.4, 0.5) is 34.1 Å². The summed E-state index contributed by atoms with van der Waals surface area (Å²) in [4.78, 5) is 14.3. The molecule has 3 heterocycles. The van der Waals surface area contributed by atoms with Gasteiger partial charge in [0.15, 0.2) is 0 Å². The SMILES string of the molecule is c1ccc(-c2ccc(N3c4ccc(C5CCCCC5)cc4B4c5cc(C6CCCCC6)ccc5N(c5ccc(-c6ccccc6)cc5)c5cc(-c6ccncn6)cc3c54)cc2)cc1. The van der Waals surface area contributed by atoms with Crippen LogP contribution in [0.5, 0.6) is 0 Å². The van der Waals surface area contributed by atoms with Crippen molar-refractivity contribution in [1.29, 1.82) is 0 Å². The van der Waals surface area contributed by atoms with E-state index in [9.17, 15) is 0 Å². The highest BCUT2D eigenvalue weighted by Gasteiger charge is 2.44. The minimum atomic E-state index is 0.0613. The Morgan fingerprint density at radius 3 is 1.32 bits per heavy atom. The Hall–Kier alpha value is -6.72. The first-order chi connectivity index (χ1) is 31.2. The summed E-state index contributed by atoms with van der Waals surface area (Å²) in [6.07, 6.45) is 16.6. The van der Waals surface area contributed by atoms with Gasteiger partial charge >= 0.3 is 0 Å². The summed E-state index contributed by atoms with van der Waals surface area (Å²) in [6, 6.07) is 61.9. The molecule has 12 rings (SSSR count). The first-order valence-corrected chi connectivity index (χ1v) is 23.4. The van der Waals surface area contributed by atoms with Gasteiger partial charge in [0.1, 0.15) is 6.33 Å². The fourth-order valence-electron chi connectivity index (χ4n) is 11.5. The predicted molar refractivity (Wildman–Crippen MR) is 264 cm³/mol. The van der Waals surface area contributed by atoms with Crippen molar-refractivity contribution >= 4 is 57.2 Å². The molecule has 0 unspecified atom stereocenters. The van der Waals surface area contributed by atoms with Crippen molar-refractivity contribution in [2.75, 3.05) is 9.80 Å². The molecule has 7 aromatic carbocycles. The number of aromatic nitrogens is 2. The molecule has 0 bridgehead atoms. The fourth-order valence-corrected chi connectivity index (χ4v) is 11.5. The number of hydrogen-bond donors (Lipinski definition) is 0. The Kier molecular flexibility index (Phi) is 9.77. The van der Waals surface area contributed by atoms with Crippen molar-refractivity contribution in [3.8, 4) is 33.5 Å². The Balaban J connectivity index is 1.12. The number of benzene rings is 7. The molecule has 2 fully saturated rings.